The summed E-state index contributed by atoms with van der Waals surface area (Å²) in [5.74, 6) is 0. The van der Waals surface area contributed by atoms with Gasteiger partial charge in [0, 0.05) is 4.47 Å². The first-order chi connectivity index (χ1) is 5.29. The Balaban J connectivity index is 3.42. The van der Waals surface area contributed by atoms with E-state index in [9.17, 15) is 0 Å². The zero-order valence-corrected chi connectivity index (χ0v) is 7.09. The molecule has 0 saturated carbocycles. The molecule has 0 aromatic heterocycles. The van der Waals surface area contributed by atoms with E-state index in [0.717, 1.165) is 0 Å². The summed E-state index contributed by atoms with van der Waals surface area (Å²) in [5.41, 5.74) is 0.796. The van der Waals surface area contributed by atoms with Gasteiger partial charge in [-0.25, -0.2) is 4.85 Å². The Labute approximate surface area is 73.0 Å². The number of halogens is 1. The van der Waals surface area contributed by atoms with Gasteiger partial charge in [0.05, 0.1) is 18.2 Å². The molecule has 0 heterocycles. The molecule has 0 radical (unpaired) electrons. The molecule has 0 N–H and O–H groups in total. The SMILES string of the molecule is [C-]#[N+]c1cccc(Br)c1C#N. The molecule has 0 spiro atoms. The molecule has 11 heavy (non-hydrogen) atoms. The van der Waals surface area contributed by atoms with Gasteiger partial charge in [0.15, 0.2) is 0 Å². The van der Waals surface area contributed by atoms with Crippen molar-refractivity contribution in [3.05, 3.63) is 39.7 Å². The lowest BCUT2D eigenvalue weighted by molar-refractivity contribution is 1.47. The van der Waals surface area contributed by atoms with Gasteiger partial charge in [0.2, 0.25) is 5.69 Å². The molecule has 0 aliphatic rings. The van der Waals surface area contributed by atoms with Crippen LogP contribution in [0.5, 0.6) is 0 Å². The molecule has 0 amide bonds. The summed E-state index contributed by atoms with van der Waals surface area (Å²) >= 11 is 3.18. The zero-order valence-electron chi connectivity index (χ0n) is 5.50. The standard InChI is InChI=1S/C8H3BrN2/c1-11-8-4-2-3-7(9)6(8)5-10/h2-4H. The summed E-state index contributed by atoms with van der Waals surface area (Å²) in [6.45, 7) is 6.74. The predicted octanol–water partition coefficient (Wildman–Crippen LogP) is 2.87. The molecule has 0 unspecified atom stereocenters. The van der Waals surface area contributed by atoms with E-state index in [1.54, 1.807) is 18.2 Å². The van der Waals surface area contributed by atoms with Crippen LogP contribution in [-0.2, 0) is 0 Å². The monoisotopic (exact) mass is 206 g/mol. The van der Waals surface area contributed by atoms with Gasteiger partial charge in [-0.2, -0.15) is 5.26 Å². The van der Waals surface area contributed by atoms with Crippen molar-refractivity contribution in [2.24, 2.45) is 0 Å². The van der Waals surface area contributed by atoms with Gasteiger partial charge in [-0.1, -0.05) is 28.1 Å². The lowest BCUT2D eigenvalue weighted by atomic mass is 10.2. The normalized spacial score (nSPS) is 8.27. The third-order valence-electron chi connectivity index (χ3n) is 1.22. The van der Waals surface area contributed by atoms with Crippen molar-refractivity contribution in [2.45, 2.75) is 0 Å². The third kappa shape index (κ3) is 1.39. The Morgan fingerprint density at radius 3 is 2.73 bits per heavy atom. The summed E-state index contributed by atoms with van der Waals surface area (Å²) in [4.78, 5) is 3.20. The minimum atomic E-state index is 0.391. The van der Waals surface area contributed by atoms with Gasteiger partial charge < -0.3 is 0 Å². The zero-order chi connectivity index (χ0) is 8.27. The van der Waals surface area contributed by atoms with Crippen LogP contribution in [-0.4, -0.2) is 0 Å². The van der Waals surface area contributed by atoms with E-state index >= 15 is 0 Å². The summed E-state index contributed by atoms with van der Waals surface area (Å²) < 4.78 is 0.675. The highest BCUT2D eigenvalue weighted by Crippen LogP contribution is 2.25. The van der Waals surface area contributed by atoms with E-state index in [0.29, 0.717) is 15.7 Å². The van der Waals surface area contributed by atoms with E-state index in [1.807, 2.05) is 6.07 Å². The Morgan fingerprint density at radius 1 is 1.55 bits per heavy atom. The van der Waals surface area contributed by atoms with E-state index in [1.165, 1.54) is 0 Å². The fourth-order valence-electron chi connectivity index (χ4n) is 0.717. The van der Waals surface area contributed by atoms with Crippen molar-refractivity contribution in [3.63, 3.8) is 0 Å². The minimum absolute atomic E-state index is 0.391. The maximum Gasteiger partial charge on any atom is 0.205 e. The minimum Gasteiger partial charge on any atom is -0.237 e. The summed E-state index contributed by atoms with van der Waals surface area (Å²) in [5, 5.41) is 8.61. The van der Waals surface area contributed by atoms with Crippen molar-refractivity contribution in [3.8, 4) is 6.07 Å². The smallest absolute Gasteiger partial charge is 0.205 e. The first-order valence-electron chi connectivity index (χ1n) is 2.85. The van der Waals surface area contributed by atoms with E-state index < -0.39 is 0 Å². The van der Waals surface area contributed by atoms with Crippen LogP contribution in [0.1, 0.15) is 5.56 Å². The second-order valence-corrected chi connectivity index (χ2v) is 2.71. The summed E-state index contributed by atoms with van der Waals surface area (Å²) in [7, 11) is 0. The van der Waals surface area contributed by atoms with E-state index in [4.69, 9.17) is 11.8 Å². The van der Waals surface area contributed by atoms with E-state index in [2.05, 4.69) is 20.8 Å². The summed E-state index contributed by atoms with van der Waals surface area (Å²) in [6, 6.07) is 7.05. The van der Waals surface area contributed by atoms with Gasteiger partial charge in [-0.3, -0.25) is 0 Å². The second kappa shape index (κ2) is 3.18. The molecule has 0 saturated heterocycles. The van der Waals surface area contributed by atoms with E-state index in [-0.39, 0.29) is 0 Å². The Kier molecular flexibility index (Phi) is 2.25. The fourth-order valence-corrected chi connectivity index (χ4v) is 1.16. The van der Waals surface area contributed by atoms with Gasteiger partial charge >= 0.3 is 0 Å². The molecule has 0 atom stereocenters. The molecule has 0 aliphatic carbocycles. The topological polar surface area (TPSA) is 28.1 Å². The first-order valence-corrected chi connectivity index (χ1v) is 3.65. The molecule has 2 nitrogen and oxygen atoms in total. The second-order valence-electron chi connectivity index (χ2n) is 1.86. The maximum absolute atomic E-state index is 8.61. The highest BCUT2D eigenvalue weighted by Gasteiger charge is 2.03. The average Bonchev–Trinajstić information content (AvgIpc) is 2.04. The van der Waals surface area contributed by atoms with Crippen LogP contribution in [0.2, 0.25) is 0 Å². The van der Waals surface area contributed by atoms with Crippen molar-refractivity contribution in [2.75, 3.05) is 0 Å². The van der Waals surface area contributed by atoms with Crippen molar-refractivity contribution >= 4 is 21.6 Å². The lowest BCUT2D eigenvalue weighted by Gasteiger charge is -1.94. The molecular weight excluding hydrogens is 204 g/mol. The van der Waals surface area contributed by atoms with Gasteiger partial charge in [0.1, 0.15) is 0 Å². The first kappa shape index (κ1) is 7.78. The Hall–Kier alpha value is -1.32. The Morgan fingerprint density at radius 2 is 2.27 bits per heavy atom. The van der Waals surface area contributed by atoms with Crippen LogP contribution < -0.4 is 0 Å². The fraction of sp³-hybridized carbons (Fsp3) is 0. The van der Waals surface area contributed by atoms with Gasteiger partial charge in [-0.15, -0.1) is 0 Å². The molecular formula is C8H3BrN2. The number of nitriles is 1. The number of nitrogens with zero attached hydrogens (tertiary/aromatic N) is 2. The van der Waals surface area contributed by atoms with Gasteiger partial charge in [0.25, 0.3) is 0 Å². The third-order valence-corrected chi connectivity index (χ3v) is 1.88. The van der Waals surface area contributed by atoms with Crippen LogP contribution >= 0.6 is 15.9 Å². The maximum atomic E-state index is 8.61. The molecule has 0 aliphatic heterocycles. The largest absolute Gasteiger partial charge is 0.237 e. The van der Waals surface area contributed by atoms with Crippen LogP contribution in [0.15, 0.2) is 22.7 Å². The highest BCUT2D eigenvalue weighted by molar-refractivity contribution is 9.10. The van der Waals surface area contributed by atoms with Crippen molar-refractivity contribution < 1.29 is 0 Å². The summed E-state index contributed by atoms with van der Waals surface area (Å²) in [6.07, 6.45) is 0. The molecule has 1 aromatic rings. The molecule has 1 rings (SSSR count). The van der Waals surface area contributed by atoms with Crippen molar-refractivity contribution in [1.29, 1.82) is 5.26 Å². The number of hydrogen-bond acceptors (Lipinski definition) is 1. The van der Waals surface area contributed by atoms with Crippen LogP contribution in [0.3, 0.4) is 0 Å². The number of rotatable bonds is 0. The van der Waals surface area contributed by atoms with Crippen LogP contribution in [0, 0.1) is 17.9 Å². The quantitative estimate of drug-likeness (QED) is 0.601. The van der Waals surface area contributed by atoms with Crippen LogP contribution in [0.4, 0.5) is 5.69 Å². The Bertz CT molecular complexity index is 357. The molecule has 0 fully saturated rings. The molecule has 1 aromatic carbocycles. The number of hydrogen-bond donors (Lipinski definition) is 0. The average molecular weight is 207 g/mol. The lowest BCUT2D eigenvalue weighted by Crippen LogP contribution is -1.75. The number of benzene rings is 1. The molecule has 52 valence electrons. The van der Waals surface area contributed by atoms with Gasteiger partial charge in [-0.05, 0) is 6.07 Å². The molecule has 0 bridgehead atoms. The van der Waals surface area contributed by atoms with Crippen molar-refractivity contribution in [1.82, 2.24) is 0 Å². The highest BCUT2D eigenvalue weighted by atomic mass is 79.9. The predicted molar refractivity (Wildman–Crippen MR) is 45.1 cm³/mol. The molecule has 3 heteroatoms. The van der Waals surface area contributed by atoms with Crippen LogP contribution in [0.25, 0.3) is 4.85 Å².